The number of carboxylic acid groups (broad SMARTS) is 1. The second-order valence-corrected chi connectivity index (χ2v) is 7.22. The minimum atomic E-state index is -0.770. The van der Waals surface area contributed by atoms with E-state index in [1.807, 2.05) is 6.07 Å². The van der Waals surface area contributed by atoms with Crippen molar-refractivity contribution in [3.63, 3.8) is 0 Å². The summed E-state index contributed by atoms with van der Waals surface area (Å²) in [7, 11) is 0. The van der Waals surface area contributed by atoms with Gasteiger partial charge in [-0.1, -0.05) is 6.42 Å². The molecule has 2 aliphatic carbocycles. The fourth-order valence-electron chi connectivity index (χ4n) is 3.66. The average Bonchev–Trinajstić information content (AvgIpc) is 3.24. The van der Waals surface area contributed by atoms with Crippen LogP contribution in [-0.2, 0) is 17.6 Å². The molecule has 1 atom stereocenters. The van der Waals surface area contributed by atoms with Crippen molar-refractivity contribution in [1.29, 1.82) is 0 Å². The molecule has 1 saturated carbocycles. The normalized spacial score (nSPS) is 19.7. The van der Waals surface area contributed by atoms with Gasteiger partial charge in [-0.05, 0) is 77.6 Å². The number of carbonyl (C=O) groups is 1. The SMILES string of the molecule is O=C(O)CC(c1c(O)c(Br)cc2c1CCCCC2)C1CC1. The van der Waals surface area contributed by atoms with Gasteiger partial charge in [0.1, 0.15) is 5.75 Å². The van der Waals surface area contributed by atoms with E-state index < -0.39 is 5.97 Å². The van der Waals surface area contributed by atoms with Crippen LogP contribution >= 0.6 is 15.9 Å². The Morgan fingerprint density at radius 3 is 2.67 bits per heavy atom. The molecule has 1 fully saturated rings. The molecular weight excluding hydrogens is 332 g/mol. The van der Waals surface area contributed by atoms with Crippen molar-refractivity contribution < 1.29 is 15.0 Å². The molecule has 0 bridgehead atoms. The van der Waals surface area contributed by atoms with Crippen molar-refractivity contribution in [1.82, 2.24) is 0 Å². The molecule has 114 valence electrons. The highest BCUT2D eigenvalue weighted by atomic mass is 79.9. The third kappa shape index (κ3) is 3.10. The first-order chi connectivity index (χ1) is 10.1. The molecule has 3 rings (SSSR count). The van der Waals surface area contributed by atoms with Gasteiger partial charge in [-0.2, -0.15) is 0 Å². The molecule has 2 N–H and O–H groups in total. The predicted octanol–water partition coefficient (Wildman–Crippen LogP) is 4.39. The Morgan fingerprint density at radius 2 is 2.00 bits per heavy atom. The van der Waals surface area contributed by atoms with Crippen LogP contribution in [0.25, 0.3) is 0 Å². The summed E-state index contributed by atoms with van der Waals surface area (Å²) in [5.41, 5.74) is 3.45. The molecule has 0 aromatic heterocycles. The van der Waals surface area contributed by atoms with Gasteiger partial charge in [0.05, 0.1) is 10.9 Å². The van der Waals surface area contributed by atoms with Crippen LogP contribution < -0.4 is 0 Å². The number of hydrogen-bond acceptors (Lipinski definition) is 2. The highest BCUT2D eigenvalue weighted by Crippen LogP contribution is 2.50. The van der Waals surface area contributed by atoms with E-state index in [2.05, 4.69) is 15.9 Å². The molecule has 0 amide bonds. The topological polar surface area (TPSA) is 57.5 Å². The van der Waals surface area contributed by atoms with Gasteiger partial charge in [-0.25, -0.2) is 0 Å². The molecule has 1 aromatic rings. The van der Waals surface area contributed by atoms with E-state index in [4.69, 9.17) is 0 Å². The number of aryl methyl sites for hydroxylation is 1. The van der Waals surface area contributed by atoms with Crippen LogP contribution in [0, 0.1) is 5.92 Å². The highest BCUT2D eigenvalue weighted by Gasteiger charge is 2.37. The predicted molar refractivity (Wildman–Crippen MR) is 84.8 cm³/mol. The van der Waals surface area contributed by atoms with Gasteiger partial charge in [0, 0.05) is 11.5 Å². The first-order valence-electron chi connectivity index (χ1n) is 7.83. The van der Waals surface area contributed by atoms with Gasteiger partial charge in [-0.15, -0.1) is 0 Å². The van der Waals surface area contributed by atoms with E-state index in [9.17, 15) is 15.0 Å². The zero-order valence-corrected chi connectivity index (χ0v) is 13.7. The quantitative estimate of drug-likeness (QED) is 0.790. The summed E-state index contributed by atoms with van der Waals surface area (Å²) in [6.07, 6.45) is 7.81. The fourth-order valence-corrected chi connectivity index (χ4v) is 4.15. The number of rotatable bonds is 4. The second-order valence-electron chi connectivity index (χ2n) is 6.36. The number of hydrogen-bond donors (Lipinski definition) is 2. The number of benzene rings is 1. The maximum atomic E-state index is 11.3. The molecule has 0 saturated heterocycles. The number of halogens is 1. The third-order valence-corrected chi connectivity index (χ3v) is 5.43. The molecule has 1 unspecified atom stereocenters. The zero-order valence-electron chi connectivity index (χ0n) is 12.1. The van der Waals surface area contributed by atoms with E-state index in [1.165, 1.54) is 24.0 Å². The first kappa shape index (κ1) is 14.9. The van der Waals surface area contributed by atoms with Gasteiger partial charge < -0.3 is 10.2 Å². The minimum absolute atomic E-state index is 0.0353. The van der Waals surface area contributed by atoms with Crippen molar-refractivity contribution in [2.75, 3.05) is 0 Å². The van der Waals surface area contributed by atoms with Gasteiger partial charge in [0.15, 0.2) is 0 Å². The van der Waals surface area contributed by atoms with Crippen molar-refractivity contribution in [3.05, 3.63) is 27.2 Å². The summed E-state index contributed by atoms with van der Waals surface area (Å²) in [4.78, 5) is 11.3. The molecule has 1 aromatic carbocycles. The standard InChI is InChI=1S/C17H21BrO3/c18-14-8-11-4-2-1-3-5-12(11)16(17(14)21)13(9-15(19)20)10-6-7-10/h8,10,13,21H,1-7,9H2,(H,19,20). The molecule has 2 aliphatic rings. The molecular formula is C17H21BrO3. The number of carboxylic acids is 1. The van der Waals surface area contributed by atoms with Gasteiger partial charge >= 0.3 is 5.97 Å². The molecule has 0 spiro atoms. The Bertz CT molecular complexity index is 564. The van der Waals surface area contributed by atoms with Crippen LogP contribution in [0.2, 0.25) is 0 Å². The summed E-state index contributed by atoms with van der Waals surface area (Å²) >= 11 is 3.46. The summed E-state index contributed by atoms with van der Waals surface area (Å²) in [5.74, 6) is -0.108. The molecule has 0 heterocycles. The maximum Gasteiger partial charge on any atom is 0.303 e. The number of phenolic OH excluding ortho intramolecular Hbond substituents is 1. The van der Waals surface area contributed by atoms with E-state index in [0.717, 1.165) is 37.7 Å². The Hall–Kier alpha value is -1.03. The number of aliphatic carboxylic acids is 1. The van der Waals surface area contributed by atoms with Gasteiger partial charge in [-0.3, -0.25) is 4.79 Å². The van der Waals surface area contributed by atoms with Crippen LogP contribution in [0.5, 0.6) is 5.75 Å². The summed E-state index contributed by atoms with van der Waals surface area (Å²) in [5, 5.41) is 19.8. The molecule has 0 radical (unpaired) electrons. The maximum absolute atomic E-state index is 11.3. The fraction of sp³-hybridized carbons (Fsp3) is 0.588. The van der Waals surface area contributed by atoms with Crippen LogP contribution in [-0.4, -0.2) is 16.2 Å². The largest absolute Gasteiger partial charge is 0.506 e. The lowest BCUT2D eigenvalue weighted by Crippen LogP contribution is -2.12. The lowest BCUT2D eigenvalue weighted by molar-refractivity contribution is -0.137. The van der Waals surface area contributed by atoms with Crippen molar-refractivity contribution in [2.24, 2.45) is 5.92 Å². The van der Waals surface area contributed by atoms with Gasteiger partial charge in [0.2, 0.25) is 0 Å². The van der Waals surface area contributed by atoms with Crippen molar-refractivity contribution in [3.8, 4) is 5.75 Å². The zero-order chi connectivity index (χ0) is 15.0. The van der Waals surface area contributed by atoms with E-state index in [0.29, 0.717) is 10.4 Å². The minimum Gasteiger partial charge on any atom is -0.506 e. The van der Waals surface area contributed by atoms with Crippen LogP contribution in [0.4, 0.5) is 0 Å². The van der Waals surface area contributed by atoms with Crippen LogP contribution in [0.15, 0.2) is 10.5 Å². The first-order valence-corrected chi connectivity index (χ1v) is 8.62. The molecule has 4 heteroatoms. The van der Waals surface area contributed by atoms with E-state index in [1.54, 1.807) is 0 Å². The molecule has 21 heavy (non-hydrogen) atoms. The monoisotopic (exact) mass is 352 g/mol. The second kappa shape index (κ2) is 5.99. The summed E-state index contributed by atoms with van der Waals surface area (Å²) in [6.45, 7) is 0. The van der Waals surface area contributed by atoms with Gasteiger partial charge in [0.25, 0.3) is 0 Å². The van der Waals surface area contributed by atoms with Crippen LogP contribution in [0.3, 0.4) is 0 Å². The Morgan fingerprint density at radius 1 is 1.29 bits per heavy atom. The van der Waals surface area contributed by atoms with E-state index >= 15 is 0 Å². The Balaban J connectivity index is 2.10. The number of fused-ring (bicyclic) bond motifs is 1. The molecule has 3 nitrogen and oxygen atoms in total. The van der Waals surface area contributed by atoms with Crippen molar-refractivity contribution >= 4 is 21.9 Å². The highest BCUT2D eigenvalue weighted by molar-refractivity contribution is 9.10. The lowest BCUT2D eigenvalue weighted by Gasteiger charge is -2.23. The number of aromatic hydroxyl groups is 1. The Labute approximate surface area is 133 Å². The smallest absolute Gasteiger partial charge is 0.303 e. The average molecular weight is 353 g/mol. The number of phenols is 1. The van der Waals surface area contributed by atoms with Crippen LogP contribution in [0.1, 0.15) is 61.1 Å². The van der Waals surface area contributed by atoms with E-state index in [-0.39, 0.29) is 18.1 Å². The third-order valence-electron chi connectivity index (χ3n) is 4.82. The molecule has 0 aliphatic heterocycles. The Kier molecular flexibility index (Phi) is 4.25. The van der Waals surface area contributed by atoms with Crippen molar-refractivity contribution in [2.45, 2.75) is 57.3 Å². The summed E-state index contributed by atoms with van der Waals surface area (Å²) in [6, 6.07) is 2.03. The lowest BCUT2D eigenvalue weighted by atomic mass is 9.83. The summed E-state index contributed by atoms with van der Waals surface area (Å²) < 4.78 is 0.717.